The van der Waals surface area contributed by atoms with Gasteiger partial charge in [-0.2, -0.15) is 0 Å². The van der Waals surface area contributed by atoms with Crippen molar-refractivity contribution < 1.29 is 0 Å². The first-order valence-corrected chi connectivity index (χ1v) is 10.7. The number of aromatic nitrogens is 1. The highest BCUT2D eigenvalue weighted by atomic mass is 127. The van der Waals surface area contributed by atoms with E-state index in [1.54, 1.807) is 0 Å². The molecule has 7 nitrogen and oxygen atoms in total. The number of pyridine rings is 1. The second kappa shape index (κ2) is 11.9. The van der Waals surface area contributed by atoms with Gasteiger partial charge in [-0.25, -0.2) is 4.98 Å². The van der Waals surface area contributed by atoms with Gasteiger partial charge in [-0.3, -0.25) is 9.89 Å². The van der Waals surface area contributed by atoms with Crippen molar-refractivity contribution in [3.8, 4) is 0 Å². The second-order valence-electron chi connectivity index (χ2n) is 8.22. The summed E-state index contributed by atoms with van der Waals surface area (Å²) < 4.78 is 0. The fourth-order valence-corrected chi connectivity index (χ4v) is 3.91. The molecular weight excluding hydrogens is 477 g/mol. The molecule has 1 aromatic heterocycles. The van der Waals surface area contributed by atoms with Crippen LogP contribution < -0.4 is 15.5 Å². The van der Waals surface area contributed by atoms with E-state index in [0.29, 0.717) is 12.1 Å². The number of guanidine groups is 1. The maximum atomic E-state index is 4.90. The summed E-state index contributed by atoms with van der Waals surface area (Å²) in [5.74, 6) is 2.05. The van der Waals surface area contributed by atoms with Crippen molar-refractivity contribution >= 4 is 35.8 Å². The summed E-state index contributed by atoms with van der Waals surface area (Å²) in [5, 5.41) is 7.09. The molecule has 2 aliphatic rings. The van der Waals surface area contributed by atoms with Crippen LogP contribution in [0.2, 0.25) is 0 Å². The van der Waals surface area contributed by atoms with Crippen LogP contribution in [0.5, 0.6) is 0 Å². The molecule has 2 N–H and O–H groups in total. The van der Waals surface area contributed by atoms with E-state index in [9.17, 15) is 0 Å². The Bertz CT molecular complexity index is 628. The molecule has 2 saturated heterocycles. The first-order chi connectivity index (χ1) is 13.5. The molecule has 0 amide bonds. The van der Waals surface area contributed by atoms with Crippen molar-refractivity contribution in [1.29, 1.82) is 0 Å². The fourth-order valence-electron chi connectivity index (χ4n) is 3.91. The molecule has 0 radical (unpaired) electrons. The Morgan fingerprint density at radius 3 is 2.59 bits per heavy atom. The number of rotatable bonds is 5. The minimum Gasteiger partial charge on any atom is -0.357 e. The third kappa shape index (κ3) is 7.25. The fraction of sp³-hybridized carbons (Fsp3) is 0.714. The highest BCUT2D eigenvalue weighted by Crippen LogP contribution is 2.18. The zero-order valence-electron chi connectivity index (χ0n) is 18.4. The topological polar surface area (TPSA) is 59.0 Å². The van der Waals surface area contributed by atoms with Crippen molar-refractivity contribution in [2.75, 3.05) is 64.8 Å². The normalized spacial score (nSPS) is 22.3. The van der Waals surface area contributed by atoms with E-state index in [0.717, 1.165) is 70.4 Å². The van der Waals surface area contributed by atoms with Gasteiger partial charge in [0.15, 0.2) is 5.96 Å². The van der Waals surface area contributed by atoms with E-state index < -0.39 is 0 Å². The molecule has 3 rings (SSSR count). The van der Waals surface area contributed by atoms with Crippen molar-refractivity contribution in [3.63, 3.8) is 0 Å². The lowest BCUT2D eigenvalue weighted by Crippen LogP contribution is -2.52. The minimum absolute atomic E-state index is 0. The number of anilines is 1. The van der Waals surface area contributed by atoms with Crippen molar-refractivity contribution in [2.24, 2.45) is 4.99 Å². The Labute approximate surface area is 193 Å². The van der Waals surface area contributed by atoms with E-state index in [1.807, 2.05) is 6.20 Å². The summed E-state index contributed by atoms with van der Waals surface area (Å²) in [5.41, 5.74) is 1.21. The molecule has 0 bridgehead atoms. The third-order valence-electron chi connectivity index (χ3n) is 5.84. The van der Waals surface area contributed by atoms with E-state index >= 15 is 0 Å². The van der Waals surface area contributed by atoms with E-state index in [-0.39, 0.29) is 24.0 Å². The summed E-state index contributed by atoms with van der Waals surface area (Å²) in [7, 11) is 4.41. The van der Waals surface area contributed by atoms with E-state index in [4.69, 9.17) is 4.99 Å². The summed E-state index contributed by atoms with van der Waals surface area (Å²) >= 11 is 0. The Balaban J connectivity index is 0.00000300. The van der Waals surface area contributed by atoms with Gasteiger partial charge in [0.2, 0.25) is 0 Å². The zero-order chi connectivity index (χ0) is 19.9. The van der Waals surface area contributed by atoms with Crippen LogP contribution in [0.15, 0.2) is 23.3 Å². The number of likely N-dealkylation sites (N-methyl/N-ethyl adjacent to an activating group) is 2. The molecule has 1 unspecified atom stereocenters. The van der Waals surface area contributed by atoms with Gasteiger partial charge in [-0.15, -0.1) is 24.0 Å². The van der Waals surface area contributed by atoms with Gasteiger partial charge in [-0.1, -0.05) is 6.07 Å². The van der Waals surface area contributed by atoms with Crippen LogP contribution in [-0.4, -0.2) is 92.7 Å². The molecule has 164 valence electrons. The Morgan fingerprint density at radius 2 is 1.93 bits per heavy atom. The highest BCUT2D eigenvalue weighted by Gasteiger charge is 2.23. The number of aliphatic imine (C=N–C) groups is 1. The SMILES string of the molecule is CCNC(=NCC1CN(C)CCN1C)NC1CCN(c2ccc(C)cn2)CC1.I. The summed E-state index contributed by atoms with van der Waals surface area (Å²) in [6.07, 6.45) is 4.16. The van der Waals surface area contributed by atoms with Crippen LogP contribution in [-0.2, 0) is 0 Å². The Hall–Kier alpha value is -1.13. The van der Waals surface area contributed by atoms with Crippen LogP contribution in [0.1, 0.15) is 25.3 Å². The van der Waals surface area contributed by atoms with Gasteiger partial charge in [0.1, 0.15) is 5.82 Å². The molecule has 2 aliphatic heterocycles. The zero-order valence-corrected chi connectivity index (χ0v) is 20.7. The van der Waals surface area contributed by atoms with Crippen LogP contribution in [0.25, 0.3) is 0 Å². The summed E-state index contributed by atoms with van der Waals surface area (Å²) in [6, 6.07) is 5.23. The standard InChI is InChI=1S/C21H37N7.HI/c1-5-22-21(24-15-19-16-26(3)12-13-27(19)4)25-18-8-10-28(11-9-18)20-7-6-17(2)14-23-20;/h6-7,14,18-19H,5,8-13,15-16H2,1-4H3,(H2,22,24,25);1H. The molecule has 0 aromatic carbocycles. The van der Waals surface area contributed by atoms with Crippen molar-refractivity contribution in [2.45, 2.75) is 38.8 Å². The van der Waals surface area contributed by atoms with Gasteiger partial charge in [0.25, 0.3) is 0 Å². The summed E-state index contributed by atoms with van der Waals surface area (Å²) in [6.45, 7) is 11.3. The van der Waals surface area contributed by atoms with Crippen LogP contribution >= 0.6 is 24.0 Å². The first-order valence-electron chi connectivity index (χ1n) is 10.7. The van der Waals surface area contributed by atoms with Gasteiger partial charge in [0.05, 0.1) is 6.54 Å². The predicted octanol–water partition coefficient (Wildman–Crippen LogP) is 1.78. The van der Waals surface area contributed by atoms with Crippen molar-refractivity contribution in [3.05, 3.63) is 23.9 Å². The Morgan fingerprint density at radius 1 is 1.17 bits per heavy atom. The van der Waals surface area contributed by atoms with Gasteiger partial charge < -0.3 is 20.4 Å². The number of aryl methyl sites for hydroxylation is 1. The number of nitrogens with one attached hydrogen (secondary N) is 2. The van der Waals surface area contributed by atoms with Gasteiger partial charge in [0, 0.05) is 57.5 Å². The third-order valence-corrected chi connectivity index (χ3v) is 5.84. The van der Waals surface area contributed by atoms with Crippen LogP contribution in [0.3, 0.4) is 0 Å². The van der Waals surface area contributed by atoms with Gasteiger partial charge in [-0.05, 0) is 52.4 Å². The number of piperazine rings is 1. The lowest BCUT2D eigenvalue weighted by molar-refractivity contribution is 0.119. The highest BCUT2D eigenvalue weighted by molar-refractivity contribution is 14.0. The molecular formula is C21H38IN7. The predicted molar refractivity (Wildman–Crippen MR) is 133 cm³/mol. The van der Waals surface area contributed by atoms with Gasteiger partial charge >= 0.3 is 0 Å². The molecule has 3 heterocycles. The average molecular weight is 515 g/mol. The molecule has 1 atom stereocenters. The maximum Gasteiger partial charge on any atom is 0.191 e. The largest absolute Gasteiger partial charge is 0.357 e. The molecule has 0 aliphatic carbocycles. The van der Waals surface area contributed by atoms with Crippen molar-refractivity contribution in [1.82, 2.24) is 25.4 Å². The lowest BCUT2D eigenvalue weighted by atomic mass is 10.1. The minimum atomic E-state index is 0. The van der Waals surface area contributed by atoms with Crippen LogP contribution in [0.4, 0.5) is 5.82 Å². The molecule has 8 heteroatoms. The second-order valence-corrected chi connectivity index (χ2v) is 8.22. The average Bonchev–Trinajstić information content (AvgIpc) is 2.70. The smallest absolute Gasteiger partial charge is 0.191 e. The number of hydrogen-bond donors (Lipinski definition) is 2. The summed E-state index contributed by atoms with van der Waals surface area (Å²) in [4.78, 5) is 16.7. The number of piperidine rings is 1. The number of hydrogen-bond acceptors (Lipinski definition) is 5. The number of halogens is 1. The first kappa shape index (κ1) is 24.1. The molecule has 1 aromatic rings. The molecule has 0 spiro atoms. The monoisotopic (exact) mass is 515 g/mol. The van der Waals surface area contributed by atoms with E-state index in [2.05, 4.69) is 70.4 Å². The lowest BCUT2D eigenvalue weighted by Gasteiger charge is -2.37. The number of nitrogens with zero attached hydrogens (tertiary/aromatic N) is 5. The maximum absolute atomic E-state index is 4.90. The molecule has 0 saturated carbocycles. The molecule has 2 fully saturated rings. The van der Waals surface area contributed by atoms with E-state index in [1.165, 1.54) is 5.56 Å². The molecule has 29 heavy (non-hydrogen) atoms. The Kier molecular flexibility index (Phi) is 9.91. The quantitative estimate of drug-likeness (QED) is 0.354. The van der Waals surface area contributed by atoms with Crippen LogP contribution in [0, 0.1) is 6.92 Å².